The van der Waals surface area contributed by atoms with Crippen molar-refractivity contribution in [3.63, 3.8) is 0 Å². The van der Waals surface area contributed by atoms with Crippen molar-refractivity contribution in [2.45, 2.75) is 27.2 Å². The van der Waals surface area contributed by atoms with Gasteiger partial charge in [-0.25, -0.2) is 0 Å². The molecule has 0 amide bonds. The molecule has 0 aliphatic rings. The lowest BCUT2D eigenvalue weighted by Crippen LogP contribution is -1.99. The minimum Gasteiger partial charge on any atom is -0.381 e. The predicted molar refractivity (Wildman–Crippen MR) is 82.3 cm³/mol. The summed E-state index contributed by atoms with van der Waals surface area (Å²) in [5.74, 6) is 1.85. The van der Waals surface area contributed by atoms with E-state index >= 15 is 0 Å². The molecule has 1 aromatic carbocycles. The number of halogens is 1. The molecule has 1 aromatic heterocycles. The molecule has 0 saturated heterocycles. The molecule has 0 saturated carbocycles. The van der Waals surface area contributed by atoms with Gasteiger partial charge in [0.1, 0.15) is 0 Å². The largest absolute Gasteiger partial charge is 0.381 e. The molecular formula is C14H17IN2O. The van der Waals surface area contributed by atoms with Gasteiger partial charge in [0, 0.05) is 14.7 Å². The molecule has 4 heteroatoms. The summed E-state index contributed by atoms with van der Waals surface area (Å²) in [5.41, 5.74) is 9.24. The first kappa shape index (κ1) is 13.4. The summed E-state index contributed by atoms with van der Waals surface area (Å²) < 4.78 is 6.63. The number of anilines is 1. The Balaban J connectivity index is 2.54. The van der Waals surface area contributed by atoms with E-state index in [2.05, 4.69) is 60.7 Å². The van der Waals surface area contributed by atoms with Crippen LogP contribution in [0.2, 0.25) is 0 Å². The molecule has 96 valence electrons. The Morgan fingerprint density at radius 1 is 1.39 bits per heavy atom. The van der Waals surface area contributed by atoms with Crippen LogP contribution in [0.15, 0.2) is 22.7 Å². The highest BCUT2D eigenvalue weighted by Crippen LogP contribution is 2.33. The van der Waals surface area contributed by atoms with E-state index in [1.807, 2.05) is 6.07 Å². The average molecular weight is 356 g/mol. The molecule has 18 heavy (non-hydrogen) atoms. The number of aromatic nitrogens is 1. The number of aryl methyl sites for hydroxylation is 1. The Hall–Kier alpha value is -1.04. The molecule has 1 heterocycles. The van der Waals surface area contributed by atoms with Gasteiger partial charge in [0.2, 0.25) is 0 Å². The lowest BCUT2D eigenvalue weighted by atomic mass is 9.99. The summed E-state index contributed by atoms with van der Waals surface area (Å²) in [5, 5.41) is 3.92. The topological polar surface area (TPSA) is 52.0 Å². The fraction of sp³-hybridized carbons (Fsp3) is 0.357. The summed E-state index contributed by atoms with van der Waals surface area (Å²) >= 11 is 2.34. The van der Waals surface area contributed by atoms with Crippen molar-refractivity contribution < 1.29 is 4.52 Å². The Morgan fingerprint density at radius 3 is 2.78 bits per heavy atom. The highest BCUT2D eigenvalue weighted by Gasteiger charge is 2.19. The van der Waals surface area contributed by atoms with E-state index in [-0.39, 0.29) is 0 Å². The summed E-state index contributed by atoms with van der Waals surface area (Å²) in [6.45, 7) is 6.42. The van der Waals surface area contributed by atoms with Gasteiger partial charge in [0.15, 0.2) is 11.6 Å². The SMILES string of the molecule is Cc1cccc(-c2onc(N)c2CC(C)C)c1I. The second-order valence-corrected chi connectivity index (χ2v) is 5.99. The molecule has 0 aliphatic heterocycles. The van der Waals surface area contributed by atoms with E-state index in [1.54, 1.807) is 0 Å². The van der Waals surface area contributed by atoms with Crippen LogP contribution < -0.4 is 5.73 Å². The molecular weight excluding hydrogens is 339 g/mol. The molecule has 3 nitrogen and oxygen atoms in total. The van der Waals surface area contributed by atoms with E-state index in [4.69, 9.17) is 10.3 Å². The first-order valence-corrected chi connectivity index (χ1v) is 7.08. The van der Waals surface area contributed by atoms with Crippen molar-refractivity contribution in [1.82, 2.24) is 5.16 Å². The summed E-state index contributed by atoms with van der Waals surface area (Å²) in [6.07, 6.45) is 0.884. The number of nitrogens with two attached hydrogens (primary N) is 1. The van der Waals surface area contributed by atoms with Gasteiger partial charge in [-0.1, -0.05) is 37.2 Å². The van der Waals surface area contributed by atoms with Crippen LogP contribution in [0.1, 0.15) is 25.0 Å². The maximum atomic E-state index is 5.91. The van der Waals surface area contributed by atoms with E-state index in [0.717, 1.165) is 23.3 Å². The number of nitrogen functional groups attached to an aromatic ring is 1. The van der Waals surface area contributed by atoms with Crippen LogP contribution in [0.5, 0.6) is 0 Å². The molecule has 0 spiro atoms. The molecule has 2 aromatic rings. The highest BCUT2D eigenvalue weighted by molar-refractivity contribution is 14.1. The van der Waals surface area contributed by atoms with Crippen LogP contribution in [-0.4, -0.2) is 5.16 Å². The van der Waals surface area contributed by atoms with Crippen molar-refractivity contribution in [3.8, 4) is 11.3 Å². The third kappa shape index (κ3) is 2.53. The van der Waals surface area contributed by atoms with Crippen molar-refractivity contribution in [3.05, 3.63) is 32.9 Å². The Kier molecular flexibility index (Phi) is 3.94. The summed E-state index contributed by atoms with van der Waals surface area (Å²) in [7, 11) is 0. The van der Waals surface area contributed by atoms with Crippen LogP contribution in [0.4, 0.5) is 5.82 Å². The second kappa shape index (κ2) is 5.30. The number of benzene rings is 1. The minimum absolute atomic E-state index is 0.510. The average Bonchev–Trinajstić information content (AvgIpc) is 2.64. The fourth-order valence-electron chi connectivity index (χ4n) is 1.96. The smallest absolute Gasteiger partial charge is 0.173 e. The number of rotatable bonds is 3. The third-order valence-corrected chi connectivity index (χ3v) is 4.30. The number of nitrogens with zero attached hydrogens (tertiary/aromatic N) is 1. The van der Waals surface area contributed by atoms with E-state index in [0.29, 0.717) is 11.7 Å². The van der Waals surface area contributed by atoms with Gasteiger partial charge in [-0.2, -0.15) is 0 Å². The predicted octanol–water partition coefficient (Wildman–Crippen LogP) is 4.04. The maximum absolute atomic E-state index is 5.91. The van der Waals surface area contributed by atoms with Crippen LogP contribution in [-0.2, 0) is 6.42 Å². The van der Waals surface area contributed by atoms with Gasteiger partial charge in [0.05, 0.1) is 0 Å². The Bertz CT molecular complexity index is 561. The molecule has 0 radical (unpaired) electrons. The molecule has 2 rings (SSSR count). The van der Waals surface area contributed by atoms with Gasteiger partial charge in [-0.3, -0.25) is 0 Å². The fourth-order valence-corrected chi connectivity index (χ4v) is 2.57. The van der Waals surface area contributed by atoms with Crippen LogP contribution in [0.3, 0.4) is 0 Å². The first-order valence-electron chi connectivity index (χ1n) is 6.00. The highest BCUT2D eigenvalue weighted by atomic mass is 127. The molecule has 2 N–H and O–H groups in total. The molecule has 0 unspecified atom stereocenters. The van der Waals surface area contributed by atoms with Crippen LogP contribution in [0, 0.1) is 16.4 Å². The zero-order chi connectivity index (χ0) is 13.3. The quantitative estimate of drug-likeness (QED) is 0.845. The van der Waals surface area contributed by atoms with Crippen LogP contribution >= 0.6 is 22.6 Å². The minimum atomic E-state index is 0.510. The third-order valence-electron chi connectivity index (χ3n) is 2.87. The van der Waals surface area contributed by atoms with Gasteiger partial charge >= 0.3 is 0 Å². The number of hydrogen-bond acceptors (Lipinski definition) is 3. The Morgan fingerprint density at radius 2 is 2.11 bits per heavy atom. The molecule has 0 fully saturated rings. The first-order chi connectivity index (χ1) is 8.50. The zero-order valence-electron chi connectivity index (χ0n) is 10.8. The lowest BCUT2D eigenvalue weighted by Gasteiger charge is -2.08. The second-order valence-electron chi connectivity index (χ2n) is 4.91. The van der Waals surface area contributed by atoms with Gasteiger partial charge in [-0.05, 0) is 47.4 Å². The summed E-state index contributed by atoms with van der Waals surface area (Å²) in [4.78, 5) is 0. The zero-order valence-corrected chi connectivity index (χ0v) is 13.0. The van der Waals surface area contributed by atoms with E-state index in [1.165, 1.54) is 9.13 Å². The number of hydrogen-bond donors (Lipinski definition) is 1. The van der Waals surface area contributed by atoms with Crippen molar-refractivity contribution in [2.75, 3.05) is 5.73 Å². The van der Waals surface area contributed by atoms with Crippen LogP contribution in [0.25, 0.3) is 11.3 Å². The monoisotopic (exact) mass is 356 g/mol. The van der Waals surface area contributed by atoms with Crippen molar-refractivity contribution in [2.24, 2.45) is 5.92 Å². The van der Waals surface area contributed by atoms with Gasteiger partial charge < -0.3 is 10.3 Å². The van der Waals surface area contributed by atoms with Crippen molar-refractivity contribution in [1.29, 1.82) is 0 Å². The van der Waals surface area contributed by atoms with E-state index < -0.39 is 0 Å². The molecule has 0 bridgehead atoms. The van der Waals surface area contributed by atoms with E-state index in [9.17, 15) is 0 Å². The normalized spacial score (nSPS) is 11.2. The molecule has 0 aliphatic carbocycles. The van der Waals surface area contributed by atoms with Gasteiger partial charge in [0.25, 0.3) is 0 Å². The lowest BCUT2D eigenvalue weighted by molar-refractivity contribution is 0.434. The maximum Gasteiger partial charge on any atom is 0.173 e. The standard InChI is InChI=1S/C14H17IN2O/c1-8(2)7-11-13(18-17-14(11)16)10-6-4-5-9(3)12(10)15/h4-6,8H,7H2,1-3H3,(H2,16,17). The summed E-state index contributed by atoms with van der Waals surface area (Å²) in [6, 6.07) is 6.18. The Labute approximate surface area is 121 Å². The molecule has 0 atom stereocenters. The van der Waals surface area contributed by atoms with Gasteiger partial charge in [-0.15, -0.1) is 0 Å². The van der Waals surface area contributed by atoms with Crippen molar-refractivity contribution >= 4 is 28.4 Å².